The molecule has 0 atom stereocenters. The number of amides is 1. The predicted octanol–water partition coefficient (Wildman–Crippen LogP) is 4.53. The number of fused-ring (bicyclic) bond motifs is 1. The molecule has 5 rings (SSSR count). The summed E-state index contributed by atoms with van der Waals surface area (Å²) in [4.78, 5) is 18.8. The Bertz CT molecular complexity index is 1030. The van der Waals surface area contributed by atoms with Crippen LogP contribution in [0.15, 0.2) is 66.0 Å². The second-order valence-corrected chi connectivity index (χ2v) is 9.46. The van der Waals surface area contributed by atoms with E-state index in [1.54, 1.807) is 4.88 Å². The predicted molar refractivity (Wildman–Crippen MR) is 124 cm³/mol. The van der Waals surface area contributed by atoms with Crippen LogP contribution in [0.4, 0.5) is 0 Å². The van der Waals surface area contributed by atoms with Gasteiger partial charge >= 0.3 is 0 Å². The first-order chi connectivity index (χ1) is 15.2. The van der Waals surface area contributed by atoms with Gasteiger partial charge in [0.25, 0.3) is 0 Å². The molecule has 1 aromatic heterocycles. The van der Waals surface area contributed by atoms with Crippen LogP contribution in [0.1, 0.15) is 28.0 Å². The first-order valence-corrected chi connectivity index (χ1v) is 12.0. The molecule has 160 valence electrons. The number of hydrogen-bond donors (Lipinski definition) is 0. The Morgan fingerprint density at radius 3 is 2.74 bits per heavy atom. The number of aryl methyl sites for hydroxylation is 1. The van der Waals surface area contributed by atoms with E-state index < -0.39 is 0 Å². The van der Waals surface area contributed by atoms with E-state index in [2.05, 4.69) is 40.6 Å². The second-order valence-electron chi connectivity index (χ2n) is 8.46. The third-order valence-electron chi connectivity index (χ3n) is 6.34. The van der Waals surface area contributed by atoms with Gasteiger partial charge in [-0.2, -0.15) is 0 Å². The van der Waals surface area contributed by atoms with Crippen LogP contribution in [0.3, 0.4) is 0 Å². The quantitative estimate of drug-likeness (QED) is 0.550. The Kier molecular flexibility index (Phi) is 6.05. The number of benzene rings is 2. The van der Waals surface area contributed by atoms with E-state index in [4.69, 9.17) is 4.74 Å². The Hall–Kier alpha value is -2.63. The highest BCUT2D eigenvalue weighted by Gasteiger charge is 2.35. The van der Waals surface area contributed by atoms with Crippen LogP contribution in [0, 0.1) is 0 Å². The molecule has 1 saturated heterocycles. The molecule has 0 bridgehead atoms. The summed E-state index contributed by atoms with van der Waals surface area (Å²) in [7, 11) is 0. The number of carbonyl (C=O) groups is 1. The normalized spacial score (nSPS) is 16.6. The Balaban J connectivity index is 1.07. The molecule has 2 aliphatic rings. The highest BCUT2D eigenvalue weighted by Crippen LogP contribution is 2.28. The molecule has 5 heteroatoms. The summed E-state index contributed by atoms with van der Waals surface area (Å²) in [6.07, 6.45) is 2.47. The number of thiophene rings is 1. The van der Waals surface area contributed by atoms with Gasteiger partial charge in [0.1, 0.15) is 12.4 Å². The van der Waals surface area contributed by atoms with Gasteiger partial charge < -0.3 is 9.64 Å². The van der Waals surface area contributed by atoms with Crippen LogP contribution in [0.5, 0.6) is 5.75 Å². The lowest BCUT2D eigenvalue weighted by atomic mass is 10.0. The first-order valence-electron chi connectivity index (χ1n) is 11.1. The van der Waals surface area contributed by atoms with Crippen molar-refractivity contribution in [1.82, 2.24) is 9.80 Å². The van der Waals surface area contributed by atoms with E-state index in [9.17, 15) is 4.79 Å². The average molecular weight is 433 g/mol. The van der Waals surface area contributed by atoms with Gasteiger partial charge in [-0.25, -0.2) is 0 Å². The molecule has 0 spiro atoms. The maximum Gasteiger partial charge on any atom is 0.223 e. The fourth-order valence-electron chi connectivity index (χ4n) is 4.41. The number of carbonyl (C=O) groups excluding carboxylic acids is 1. The zero-order valence-corrected chi connectivity index (χ0v) is 18.5. The minimum absolute atomic E-state index is 0.264. The highest BCUT2D eigenvalue weighted by atomic mass is 32.1. The van der Waals surface area contributed by atoms with Gasteiger partial charge in [-0.3, -0.25) is 9.69 Å². The Labute approximate surface area is 188 Å². The van der Waals surface area contributed by atoms with Crippen molar-refractivity contribution in [3.63, 3.8) is 0 Å². The molecule has 0 unspecified atom stereocenters. The van der Waals surface area contributed by atoms with Gasteiger partial charge in [0, 0.05) is 43.5 Å². The lowest BCUT2D eigenvalue weighted by molar-refractivity contribution is -0.138. The van der Waals surface area contributed by atoms with E-state index in [1.807, 2.05) is 46.6 Å². The van der Waals surface area contributed by atoms with Gasteiger partial charge in [-0.1, -0.05) is 42.5 Å². The number of nitrogens with zero attached hydrogens (tertiary/aromatic N) is 2. The monoisotopic (exact) mass is 432 g/mol. The second kappa shape index (κ2) is 9.25. The summed E-state index contributed by atoms with van der Waals surface area (Å²) in [5.74, 6) is 1.12. The molecule has 1 fully saturated rings. The van der Waals surface area contributed by atoms with Crippen molar-refractivity contribution in [1.29, 1.82) is 0 Å². The summed E-state index contributed by atoms with van der Waals surface area (Å²) in [5.41, 5.74) is 3.78. The summed E-state index contributed by atoms with van der Waals surface area (Å²) in [6, 6.07) is 21.1. The van der Waals surface area contributed by atoms with E-state index in [-0.39, 0.29) is 5.91 Å². The molecular formula is C26H28N2O2S. The number of likely N-dealkylation sites (tertiary alicyclic amines) is 1. The fraction of sp³-hybridized carbons (Fsp3) is 0.346. The molecule has 0 aliphatic carbocycles. The van der Waals surface area contributed by atoms with Crippen LogP contribution >= 0.6 is 11.3 Å². The van der Waals surface area contributed by atoms with E-state index >= 15 is 0 Å². The van der Waals surface area contributed by atoms with Gasteiger partial charge in [0.05, 0.1) is 0 Å². The topological polar surface area (TPSA) is 32.8 Å². The van der Waals surface area contributed by atoms with Crippen molar-refractivity contribution in [3.05, 3.63) is 87.6 Å². The molecule has 31 heavy (non-hydrogen) atoms. The van der Waals surface area contributed by atoms with Crippen molar-refractivity contribution < 1.29 is 9.53 Å². The maximum atomic E-state index is 12.7. The van der Waals surface area contributed by atoms with Gasteiger partial charge in [-0.05, 0) is 53.1 Å². The van der Waals surface area contributed by atoms with Crippen molar-refractivity contribution >= 4 is 17.2 Å². The standard InChI is InChI=1S/C26H28N2O2S/c29-26(28-17-23(18-28)27-13-11-25-22(16-27)12-14-31-25)10-9-20-7-4-8-24(15-20)30-19-21-5-2-1-3-6-21/h1-8,12,14-15,23H,9-11,13,16-19H2. The number of rotatable bonds is 7. The molecule has 0 saturated carbocycles. The molecule has 0 radical (unpaired) electrons. The minimum Gasteiger partial charge on any atom is -0.489 e. The fourth-order valence-corrected chi connectivity index (χ4v) is 5.30. The molecule has 1 amide bonds. The third-order valence-corrected chi connectivity index (χ3v) is 7.37. The van der Waals surface area contributed by atoms with Gasteiger partial charge in [0.2, 0.25) is 5.91 Å². The number of ether oxygens (including phenoxy) is 1. The molecule has 4 nitrogen and oxygen atoms in total. The average Bonchev–Trinajstić information content (AvgIpc) is 3.24. The van der Waals surface area contributed by atoms with Crippen LogP contribution in [0.2, 0.25) is 0 Å². The molecular weight excluding hydrogens is 404 g/mol. The Morgan fingerprint density at radius 2 is 1.87 bits per heavy atom. The molecule has 2 aromatic carbocycles. The SMILES string of the molecule is O=C(CCc1cccc(OCc2ccccc2)c1)N1CC(N2CCc3sccc3C2)C1. The lowest BCUT2D eigenvalue weighted by Gasteiger charge is -2.46. The van der Waals surface area contributed by atoms with Crippen LogP contribution in [-0.2, 0) is 30.8 Å². The summed E-state index contributed by atoms with van der Waals surface area (Å²) in [5, 5.41) is 2.20. The maximum absolute atomic E-state index is 12.7. The lowest BCUT2D eigenvalue weighted by Crippen LogP contribution is -2.61. The third kappa shape index (κ3) is 4.83. The Morgan fingerprint density at radius 1 is 1.03 bits per heavy atom. The van der Waals surface area contributed by atoms with E-state index in [1.165, 1.54) is 5.56 Å². The first kappa shape index (κ1) is 20.3. The van der Waals surface area contributed by atoms with Gasteiger partial charge in [0.15, 0.2) is 0 Å². The molecule has 0 N–H and O–H groups in total. The zero-order chi connectivity index (χ0) is 21.0. The van der Waals surface area contributed by atoms with Gasteiger partial charge in [-0.15, -0.1) is 11.3 Å². The van der Waals surface area contributed by atoms with Crippen LogP contribution < -0.4 is 4.74 Å². The highest BCUT2D eigenvalue weighted by molar-refractivity contribution is 7.10. The smallest absolute Gasteiger partial charge is 0.223 e. The van der Waals surface area contributed by atoms with E-state index in [0.29, 0.717) is 19.1 Å². The molecule has 3 heterocycles. The van der Waals surface area contributed by atoms with Crippen molar-refractivity contribution in [2.24, 2.45) is 0 Å². The van der Waals surface area contributed by atoms with Crippen LogP contribution in [-0.4, -0.2) is 41.4 Å². The number of hydrogen-bond acceptors (Lipinski definition) is 4. The van der Waals surface area contributed by atoms with E-state index in [0.717, 1.165) is 55.9 Å². The summed E-state index contributed by atoms with van der Waals surface area (Å²) < 4.78 is 5.92. The van der Waals surface area contributed by atoms with Crippen molar-refractivity contribution in [2.75, 3.05) is 19.6 Å². The molecule has 3 aromatic rings. The largest absolute Gasteiger partial charge is 0.489 e. The molecule has 2 aliphatic heterocycles. The summed E-state index contributed by atoms with van der Waals surface area (Å²) >= 11 is 1.88. The van der Waals surface area contributed by atoms with Crippen molar-refractivity contribution in [2.45, 2.75) is 38.5 Å². The van der Waals surface area contributed by atoms with Crippen LogP contribution in [0.25, 0.3) is 0 Å². The minimum atomic E-state index is 0.264. The van der Waals surface area contributed by atoms with Crippen molar-refractivity contribution in [3.8, 4) is 5.75 Å². The zero-order valence-electron chi connectivity index (χ0n) is 17.7. The summed E-state index contributed by atoms with van der Waals surface area (Å²) in [6.45, 7) is 4.47.